The molecular weight excluding hydrogens is 352 g/mol. The van der Waals surface area contributed by atoms with Crippen LogP contribution in [0.15, 0.2) is 88.5 Å². The van der Waals surface area contributed by atoms with Gasteiger partial charge in [-0.2, -0.15) is 0 Å². The molecule has 0 unspecified atom stereocenters. The van der Waals surface area contributed by atoms with Crippen LogP contribution in [0, 0.1) is 0 Å². The lowest BCUT2D eigenvalue weighted by Crippen LogP contribution is -2.35. The highest BCUT2D eigenvalue weighted by Crippen LogP contribution is 2.13. The molecule has 1 heterocycles. The van der Waals surface area contributed by atoms with Crippen LogP contribution in [-0.4, -0.2) is 9.55 Å². The number of H-pyrrole nitrogens is 1. The molecule has 4 aromatic rings. The molecule has 1 N–H and O–H groups in total. The number of hydrogen-bond donors (Lipinski definition) is 1. The van der Waals surface area contributed by atoms with E-state index in [4.69, 9.17) is 4.74 Å². The number of fused-ring (bicyclic) bond motifs is 1. The molecule has 3 aromatic carbocycles. The Labute approximate surface area is 161 Å². The summed E-state index contributed by atoms with van der Waals surface area (Å²) in [5.74, 6) is 0. The maximum absolute atomic E-state index is 12.8. The lowest BCUT2D eigenvalue weighted by atomic mass is 10.1. The number of rotatable bonds is 6. The molecule has 0 spiro atoms. The van der Waals surface area contributed by atoms with Crippen LogP contribution < -0.4 is 11.2 Å². The van der Waals surface area contributed by atoms with Crippen molar-refractivity contribution in [2.75, 3.05) is 0 Å². The van der Waals surface area contributed by atoms with Crippen LogP contribution in [-0.2, 0) is 24.5 Å². The Morgan fingerprint density at radius 3 is 2.25 bits per heavy atom. The van der Waals surface area contributed by atoms with Gasteiger partial charge in [0.05, 0.1) is 30.7 Å². The van der Waals surface area contributed by atoms with Crippen LogP contribution in [0.4, 0.5) is 0 Å². The third kappa shape index (κ3) is 3.80. The van der Waals surface area contributed by atoms with Crippen molar-refractivity contribution >= 4 is 10.9 Å². The predicted octanol–water partition coefficient (Wildman–Crippen LogP) is 3.45. The van der Waals surface area contributed by atoms with Crippen molar-refractivity contribution in [1.82, 2.24) is 9.55 Å². The van der Waals surface area contributed by atoms with Crippen LogP contribution in [0.3, 0.4) is 0 Å². The summed E-state index contributed by atoms with van der Waals surface area (Å²) in [6, 6.07) is 24.7. The minimum atomic E-state index is -0.413. The highest BCUT2D eigenvalue weighted by Gasteiger charge is 2.10. The summed E-state index contributed by atoms with van der Waals surface area (Å²) >= 11 is 0. The summed E-state index contributed by atoms with van der Waals surface area (Å²) in [4.78, 5) is 28.0. The number of aromatic nitrogens is 2. The van der Waals surface area contributed by atoms with Crippen LogP contribution in [0.25, 0.3) is 10.9 Å². The Morgan fingerprint density at radius 1 is 0.750 bits per heavy atom. The number of aromatic amines is 1. The van der Waals surface area contributed by atoms with Gasteiger partial charge in [0.1, 0.15) is 0 Å². The monoisotopic (exact) mass is 372 g/mol. The molecular formula is C23H20N2O3. The van der Waals surface area contributed by atoms with Gasteiger partial charge in [-0.1, -0.05) is 66.7 Å². The van der Waals surface area contributed by atoms with Crippen molar-refractivity contribution in [3.8, 4) is 0 Å². The molecule has 0 aliphatic heterocycles. The molecule has 0 saturated carbocycles. The quantitative estimate of drug-likeness (QED) is 0.564. The highest BCUT2D eigenvalue weighted by molar-refractivity contribution is 5.76. The standard InChI is InChI=1S/C23H20N2O3/c26-22-20-12-6-7-13-21(20)24-23(27)25(22)14-18-10-4-5-11-19(18)16-28-15-17-8-2-1-3-9-17/h1-13H,14-16H2,(H,24,27). The molecule has 0 amide bonds. The van der Waals surface area contributed by atoms with Crippen LogP contribution in [0.1, 0.15) is 16.7 Å². The first kappa shape index (κ1) is 17.9. The molecule has 0 fully saturated rings. The molecule has 0 aliphatic carbocycles. The zero-order valence-electron chi connectivity index (χ0n) is 15.3. The molecule has 28 heavy (non-hydrogen) atoms. The Morgan fingerprint density at radius 2 is 1.43 bits per heavy atom. The van der Waals surface area contributed by atoms with Gasteiger partial charge in [0, 0.05) is 0 Å². The smallest absolute Gasteiger partial charge is 0.329 e. The molecule has 5 heteroatoms. The number of hydrogen-bond acceptors (Lipinski definition) is 3. The second-order valence-electron chi connectivity index (χ2n) is 6.61. The molecule has 1 aromatic heterocycles. The molecule has 4 rings (SSSR count). The highest BCUT2D eigenvalue weighted by atomic mass is 16.5. The maximum Gasteiger partial charge on any atom is 0.329 e. The summed E-state index contributed by atoms with van der Waals surface area (Å²) in [6.45, 7) is 1.11. The van der Waals surface area contributed by atoms with Gasteiger partial charge in [0.25, 0.3) is 5.56 Å². The molecule has 5 nitrogen and oxygen atoms in total. The van der Waals surface area contributed by atoms with E-state index >= 15 is 0 Å². The van der Waals surface area contributed by atoms with Crippen LogP contribution >= 0.6 is 0 Å². The van der Waals surface area contributed by atoms with Gasteiger partial charge in [0.15, 0.2) is 0 Å². The Hall–Kier alpha value is -3.44. The largest absolute Gasteiger partial charge is 0.372 e. The topological polar surface area (TPSA) is 64.1 Å². The van der Waals surface area contributed by atoms with Gasteiger partial charge in [-0.25, -0.2) is 4.79 Å². The van der Waals surface area contributed by atoms with E-state index < -0.39 is 5.69 Å². The third-order valence-corrected chi connectivity index (χ3v) is 4.71. The first-order valence-electron chi connectivity index (χ1n) is 9.13. The number of nitrogens with zero attached hydrogens (tertiary/aromatic N) is 1. The van der Waals surface area contributed by atoms with E-state index in [0.717, 1.165) is 16.7 Å². The number of ether oxygens (including phenoxy) is 1. The SMILES string of the molecule is O=c1[nH]c2ccccc2c(=O)n1Cc1ccccc1COCc1ccccc1. The van der Waals surface area contributed by atoms with Crippen molar-refractivity contribution in [2.45, 2.75) is 19.8 Å². The van der Waals surface area contributed by atoms with E-state index in [9.17, 15) is 9.59 Å². The zero-order valence-corrected chi connectivity index (χ0v) is 15.3. The average Bonchev–Trinajstić information content (AvgIpc) is 2.73. The van der Waals surface area contributed by atoms with Gasteiger partial charge in [-0.05, 0) is 28.8 Å². The Balaban J connectivity index is 1.58. The molecule has 0 radical (unpaired) electrons. The summed E-state index contributed by atoms with van der Waals surface area (Å²) in [5.41, 5.74) is 2.79. The van der Waals surface area contributed by atoms with Gasteiger partial charge in [-0.15, -0.1) is 0 Å². The normalized spacial score (nSPS) is 11.0. The number of benzene rings is 3. The summed E-state index contributed by atoms with van der Waals surface area (Å²) in [5, 5.41) is 0.500. The van der Waals surface area contributed by atoms with E-state index in [0.29, 0.717) is 24.1 Å². The Bertz CT molecular complexity index is 1210. The van der Waals surface area contributed by atoms with Crippen molar-refractivity contribution in [3.63, 3.8) is 0 Å². The fourth-order valence-corrected chi connectivity index (χ4v) is 3.22. The van der Waals surface area contributed by atoms with Gasteiger partial charge >= 0.3 is 5.69 Å². The average molecular weight is 372 g/mol. The predicted molar refractivity (Wildman–Crippen MR) is 109 cm³/mol. The van der Waals surface area contributed by atoms with Crippen molar-refractivity contribution in [3.05, 3.63) is 116 Å². The van der Waals surface area contributed by atoms with E-state index in [2.05, 4.69) is 4.98 Å². The fourth-order valence-electron chi connectivity index (χ4n) is 3.22. The zero-order chi connectivity index (χ0) is 19.3. The molecule has 0 atom stereocenters. The van der Waals surface area contributed by atoms with E-state index in [-0.39, 0.29) is 12.1 Å². The minimum Gasteiger partial charge on any atom is -0.372 e. The van der Waals surface area contributed by atoms with E-state index in [1.165, 1.54) is 4.57 Å². The van der Waals surface area contributed by atoms with Crippen LogP contribution in [0.2, 0.25) is 0 Å². The fraction of sp³-hybridized carbons (Fsp3) is 0.130. The molecule has 0 saturated heterocycles. The minimum absolute atomic E-state index is 0.198. The summed E-state index contributed by atoms with van der Waals surface area (Å²) in [6.07, 6.45) is 0. The molecule has 0 aliphatic rings. The molecule has 140 valence electrons. The van der Waals surface area contributed by atoms with Gasteiger partial charge in [-0.3, -0.25) is 9.36 Å². The van der Waals surface area contributed by atoms with Gasteiger partial charge < -0.3 is 9.72 Å². The number of para-hydroxylation sites is 1. The van der Waals surface area contributed by atoms with E-state index in [1.54, 1.807) is 24.3 Å². The first-order valence-corrected chi connectivity index (χ1v) is 9.13. The third-order valence-electron chi connectivity index (χ3n) is 4.71. The number of nitrogens with one attached hydrogen (secondary N) is 1. The second-order valence-corrected chi connectivity index (χ2v) is 6.61. The van der Waals surface area contributed by atoms with Crippen molar-refractivity contribution in [1.29, 1.82) is 0 Å². The van der Waals surface area contributed by atoms with Crippen molar-refractivity contribution in [2.24, 2.45) is 0 Å². The van der Waals surface area contributed by atoms with E-state index in [1.807, 2.05) is 54.6 Å². The maximum atomic E-state index is 12.8. The van der Waals surface area contributed by atoms with Crippen LogP contribution in [0.5, 0.6) is 0 Å². The summed E-state index contributed by atoms with van der Waals surface area (Å²) < 4.78 is 7.08. The second kappa shape index (κ2) is 8.06. The Kier molecular flexibility index (Phi) is 5.17. The van der Waals surface area contributed by atoms with Gasteiger partial charge in [0.2, 0.25) is 0 Å². The lowest BCUT2D eigenvalue weighted by molar-refractivity contribution is 0.106. The van der Waals surface area contributed by atoms with Crippen molar-refractivity contribution < 1.29 is 4.74 Å². The first-order chi connectivity index (χ1) is 13.7. The molecule has 0 bridgehead atoms. The summed E-state index contributed by atoms with van der Waals surface area (Å²) in [7, 11) is 0. The lowest BCUT2D eigenvalue weighted by Gasteiger charge is -2.12.